The highest BCUT2D eigenvalue weighted by molar-refractivity contribution is 5.86. The van der Waals surface area contributed by atoms with Gasteiger partial charge in [0, 0.05) is 63.0 Å². The number of aromatic carboxylic acids is 1. The second-order valence-electron chi connectivity index (χ2n) is 6.18. The fraction of sp³-hybridized carbons (Fsp3) is 0.444. The van der Waals surface area contributed by atoms with Gasteiger partial charge >= 0.3 is 5.97 Å². The van der Waals surface area contributed by atoms with E-state index in [9.17, 15) is 9.90 Å². The van der Waals surface area contributed by atoms with Crippen LogP contribution in [0.4, 0.5) is 5.69 Å². The van der Waals surface area contributed by atoms with E-state index >= 15 is 0 Å². The topological polar surface area (TPSA) is 61.6 Å². The molecule has 2 aromatic rings. The average Bonchev–Trinajstić information content (AvgIpc) is 2.92. The first-order valence-corrected chi connectivity index (χ1v) is 8.39. The number of anilines is 1. The number of carboxylic acids is 1. The van der Waals surface area contributed by atoms with E-state index in [0.717, 1.165) is 44.0 Å². The zero-order valence-corrected chi connectivity index (χ0v) is 14.3. The van der Waals surface area contributed by atoms with E-state index < -0.39 is 5.97 Å². The molecule has 6 heteroatoms. The molecule has 1 saturated heterocycles. The Morgan fingerprint density at radius 1 is 1.21 bits per heavy atom. The molecule has 0 atom stereocenters. The van der Waals surface area contributed by atoms with Crippen LogP contribution in [0.2, 0.25) is 0 Å². The predicted molar refractivity (Wildman–Crippen MR) is 93.5 cm³/mol. The number of carboxylic acid groups (broad SMARTS) is 1. The average molecular weight is 328 g/mol. The first-order valence-electron chi connectivity index (χ1n) is 8.39. The van der Waals surface area contributed by atoms with Crippen LogP contribution in [0.5, 0.6) is 0 Å². The number of pyridine rings is 1. The summed E-state index contributed by atoms with van der Waals surface area (Å²) in [4.78, 5) is 20.2. The van der Waals surface area contributed by atoms with Crippen LogP contribution in [0.15, 0.2) is 30.6 Å². The van der Waals surface area contributed by atoms with Gasteiger partial charge in [-0.1, -0.05) is 0 Å². The lowest BCUT2D eigenvalue weighted by Gasteiger charge is -2.36. The molecule has 0 aromatic carbocycles. The molecule has 2 aromatic heterocycles. The Hall–Kier alpha value is -2.34. The van der Waals surface area contributed by atoms with Crippen LogP contribution < -0.4 is 4.90 Å². The molecule has 1 N–H and O–H groups in total. The lowest BCUT2D eigenvalue weighted by molar-refractivity contribution is 0.0684. The first-order chi connectivity index (χ1) is 11.6. The van der Waals surface area contributed by atoms with E-state index in [-0.39, 0.29) is 0 Å². The summed E-state index contributed by atoms with van der Waals surface area (Å²) >= 11 is 0. The molecule has 0 saturated carbocycles. The highest BCUT2D eigenvalue weighted by atomic mass is 16.4. The molecular formula is C18H24N4O2. The number of hydrogen-bond donors (Lipinski definition) is 1. The van der Waals surface area contributed by atoms with Crippen molar-refractivity contribution < 1.29 is 9.90 Å². The van der Waals surface area contributed by atoms with Gasteiger partial charge in [0.1, 0.15) is 5.69 Å². The fourth-order valence-corrected chi connectivity index (χ4v) is 3.40. The Morgan fingerprint density at radius 3 is 2.46 bits per heavy atom. The Morgan fingerprint density at radius 2 is 1.88 bits per heavy atom. The molecule has 24 heavy (non-hydrogen) atoms. The largest absolute Gasteiger partial charge is 0.477 e. The minimum absolute atomic E-state index is 0.389. The molecule has 6 nitrogen and oxygen atoms in total. The Kier molecular flexibility index (Phi) is 4.85. The summed E-state index contributed by atoms with van der Waals surface area (Å²) in [5.41, 5.74) is 3.78. The lowest BCUT2D eigenvalue weighted by atomic mass is 10.2. The maximum Gasteiger partial charge on any atom is 0.352 e. The zero-order chi connectivity index (χ0) is 17.1. The highest BCUT2D eigenvalue weighted by Crippen LogP contribution is 2.20. The number of aromatic nitrogens is 2. The summed E-state index contributed by atoms with van der Waals surface area (Å²) < 4.78 is 1.92. The number of piperazine rings is 1. The third-order valence-electron chi connectivity index (χ3n) is 4.73. The molecule has 1 aliphatic heterocycles. The first kappa shape index (κ1) is 16.5. The smallest absolute Gasteiger partial charge is 0.352 e. The van der Waals surface area contributed by atoms with Gasteiger partial charge in [0.05, 0.1) is 0 Å². The van der Waals surface area contributed by atoms with Crippen molar-refractivity contribution in [3.63, 3.8) is 0 Å². The molecule has 1 fully saturated rings. The molecule has 0 bridgehead atoms. The highest BCUT2D eigenvalue weighted by Gasteiger charge is 2.21. The van der Waals surface area contributed by atoms with Gasteiger partial charge in [0.2, 0.25) is 0 Å². The van der Waals surface area contributed by atoms with Crippen LogP contribution in [0.1, 0.15) is 28.7 Å². The van der Waals surface area contributed by atoms with Crippen molar-refractivity contribution in [1.29, 1.82) is 0 Å². The monoisotopic (exact) mass is 328 g/mol. The molecule has 3 rings (SSSR count). The molecule has 0 spiro atoms. The summed E-state index contributed by atoms with van der Waals surface area (Å²) in [6, 6.07) is 5.87. The summed E-state index contributed by atoms with van der Waals surface area (Å²) in [6.45, 7) is 9.37. The van der Waals surface area contributed by atoms with E-state index in [2.05, 4.69) is 14.8 Å². The maximum absolute atomic E-state index is 11.4. The Bertz CT molecular complexity index is 703. The van der Waals surface area contributed by atoms with Gasteiger partial charge in [-0.25, -0.2) is 4.79 Å². The van der Waals surface area contributed by atoms with Gasteiger partial charge < -0.3 is 14.6 Å². The third-order valence-corrected chi connectivity index (χ3v) is 4.73. The number of nitrogens with zero attached hydrogens (tertiary/aromatic N) is 4. The Balaban J connectivity index is 1.67. The van der Waals surface area contributed by atoms with Gasteiger partial charge in [-0.3, -0.25) is 9.88 Å². The summed E-state index contributed by atoms with van der Waals surface area (Å²) in [5.74, 6) is -0.853. The fourth-order valence-electron chi connectivity index (χ4n) is 3.40. The van der Waals surface area contributed by atoms with Crippen LogP contribution in [0, 0.1) is 6.92 Å². The second kappa shape index (κ2) is 7.05. The molecule has 3 heterocycles. The SMILES string of the molecule is CCn1c(C(=O)O)cc(C)c1CN1CCN(c2ccncc2)CC1. The van der Waals surface area contributed by atoms with E-state index in [4.69, 9.17) is 0 Å². The maximum atomic E-state index is 11.4. The van der Waals surface area contributed by atoms with Crippen LogP contribution in [0.25, 0.3) is 0 Å². The van der Waals surface area contributed by atoms with Crippen molar-refractivity contribution in [1.82, 2.24) is 14.5 Å². The number of hydrogen-bond acceptors (Lipinski definition) is 4. The summed E-state index contributed by atoms with van der Waals surface area (Å²) in [6.07, 6.45) is 3.65. The standard InChI is InChI=1S/C18H24N4O2/c1-3-22-16(18(23)24)12-14(2)17(22)13-20-8-10-21(11-9-20)15-4-6-19-7-5-15/h4-7,12H,3,8-11,13H2,1-2H3,(H,23,24). The molecule has 1 aliphatic rings. The summed E-state index contributed by atoms with van der Waals surface area (Å²) in [5, 5.41) is 9.35. The normalized spacial score (nSPS) is 15.7. The van der Waals surface area contributed by atoms with Crippen LogP contribution >= 0.6 is 0 Å². The predicted octanol–water partition coefficient (Wildman–Crippen LogP) is 2.23. The molecule has 0 radical (unpaired) electrons. The van der Waals surface area contributed by atoms with E-state index in [1.165, 1.54) is 5.69 Å². The van der Waals surface area contributed by atoms with Gasteiger partial charge in [-0.15, -0.1) is 0 Å². The zero-order valence-electron chi connectivity index (χ0n) is 14.3. The molecular weight excluding hydrogens is 304 g/mol. The van der Waals surface area contributed by atoms with Crippen molar-refractivity contribution in [3.8, 4) is 0 Å². The molecule has 128 valence electrons. The van der Waals surface area contributed by atoms with Crippen molar-refractivity contribution in [2.45, 2.75) is 26.9 Å². The summed E-state index contributed by atoms with van der Waals surface area (Å²) in [7, 11) is 0. The van der Waals surface area contributed by atoms with Crippen molar-refractivity contribution in [2.24, 2.45) is 0 Å². The van der Waals surface area contributed by atoms with Gasteiger partial charge in [0.25, 0.3) is 0 Å². The van der Waals surface area contributed by atoms with Crippen LogP contribution in [0.3, 0.4) is 0 Å². The Labute approximate surface area is 142 Å². The third kappa shape index (κ3) is 3.28. The molecule has 0 unspecified atom stereocenters. The molecule has 0 aliphatic carbocycles. The number of carbonyl (C=O) groups is 1. The minimum atomic E-state index is -0.853. The van der Waals surface area contributed by atoms with Crippen molar-refractivity contribution in [3.05, 3.63) is 47.5 Å². The van der Waals surface area contributed by atoms with Gasteiger partial charge in [-0.05, 0) is 37.6 Å². The van der Waals surface area contributed by atoms with E-state index in [0.29, 0.717) is 12.2 Å². The van der Waals surface area contributed by atoms with Crippen molar-refractivity contribution in [2.75, 3.05) is 31.1 Å². The minimum Gasteiger partial charge on any atom is -0.477 e. The van der Waals surface area contributed by atoms with Crippen LogP contribution in [-0.4, -0.2) is 51.7 Å². The van der Waals surface area contributed by atoms with E-state index in [1.807, 2.05) is 42.9 Å². The quantitative estimate of drug-likeness (QED) is 0.912. The van der Waals surface area contributed by atoms with Crippen molar-refractivity contribution >= 4 is 11.7 Å². The lowest BCUT2D eigenvalue weighted by Crippen LogP contribution is -2.46. The number of aryl methyl sites for hydroxylation is 1. The van der Waals surface area contributed by atoms with E-state index in [1.54, 1.807) is 6.07 Å². The van der Waals surface area contributed by atoms with Gasteiger partial charge in [0.15, 0.2) is 0 Å². The van der Waals surface area contributed by atoms with Crippen LogP contribution in [-0.2, 0) is 13.1 Å². The second-order valence-corrected chi connectivity index (χ2v) is 6.18. The molecule has 0 amide bonds. The number of rotatable bonds is 5. The van der Waals surface area contributed by atoms with Gasteiger partial charge in [-0.2, -0.15) is 0 Å².